The molecule has 3 aliphatic heterocycles. The molecule has 32 heavy (non-hydrogen) atoms. The second kappa shape index (κ2) is 7.61. The minimum atomic E-state index is -3.07. The van der Waals surface area contributed by atoms with Gasteiger partial charge in [0.1, 0.15) is 5.82 Å². The molecule has 5 heterocycles. The van der Waals surface area contributed by atoms with Crippen molar-refractivity contribution in [3.63, 3.8) is 0 Å². The van der Waals surface area contributed by atoms with E-state index in [-0.39, 0.29) is 36.1 Å². The topological polar surface area (TPSA) is 89.6 Å². The second-order valence-electron chi connectivity index (χ2n) is 8.43. The van der Waals surface area contributed by atoms with Crippen LogP contribution < -0.4 is 20.3 Å². The number of fused-ring (bicyclic) bond motifs is 2. The van der Waals surface area contributed by atoms with E-state index in [1.165, 1.54) is 17.2 Å². The molecule has 3 fully saturated rings. The number of alkyl halides is 4. The predicted molar refractivity (Wildman–Crippen MR) is 108 cm³/mol. The lowest BCUT2D eigenvalue weighted by atomic mass is 10.2. The minimum absolute atomic E-state index is 0.0983. The number of morpholine rings is 1. The van der Waals surface area contributed by atoms with Crippen molar-refractivity contribution in [1.82, 2.24) is 15.0 Å². The normalized spacial score (nSPS) is 26.4. The van der Waals surface area contributed by atoms with Gasteiger partial charge in [0, 0.05) is 36.8 Å². The van der Waals surface area contributed by atoms with Gasteiger partial charge < -0.3 is 25.0 Å². The first-order valence-corrected chi connectivity index (χ1v) is 10.3. The van der Waals surface area contributed by atoms with Crippen LogP contribution in [0.3, 0.4) is 0 Å². The largest absolute Gasteiger partial charge is 0.431 e. The molecule has 3 atom stereocenters. The third-order valence-corrected chi connectivity index (χ3v) is 6.07. The molecule has 0 aromatic carbocycles. The van der Waals surface area contributed by atoms with Gasteiger partial charge in [-0.05, 0) is 19.4 Å². The highest BCUT2D eigenvalue weighted by atomic mass is 19.3. The molecule has 0 aliphatic carbocycles. The monoisotopic (exact) mass is 454 g/mol. The molecule has 3 aliphatic rings. The fraction of sp³-hybridized carbons (Fsp3) is 0.550. The maximum Gasteiger partial charge on any atom is 0.387 e. The Labute approximate surface area is 181 Å². The van der Waals surface area contributed by atoms with Crippen LogP contribution in [0, 0.1) is 0 Å². The van der Waals surface area contributed by atoms with E-state index in [1.807, 2.05) is 0 Å². The van der Waals surface area contributed by atoms with E-state index in [0.29, 0.717) is 30.2 Å². The summed E-state index contributed by atoms with van der Waals surface area (Å²) in [6.45, 7) is -0.675. The van der Waals surface area contributed by atoms with Crippen molar-refractivity contribution >= 4 is 17.6 Å². The Hall–Kier alpha value is -2.89. The van der Waals surface area contributed by atoms with Crippen LogP contribution in [-0.4, -0.2) is 65.4 Å². The van der Waals surface area contributed by atoms with Crippen LogP contribution in [0.1, 0.15) is 19.8 Å². The van der Waals surface area contributed by atoms with E-state index in [9.17, 15) is 17.6 Å². The standard InChI is InChI=1S/C20H22F4N6O2/c1-10-5-20(23,24)9-30(10)19-27-14(11-2-15(32-18(21)22)17(25)26-6-11)4-16(28-19)29-7-13-3-12(29)8-31-13/h2,4,6,10,12-13,18H,3,5,7-9H2,1H3,(H2,25,26). The molecule has 0 spiro atoms. The van der Waals surface area contributed by atoms with Crippen LogP contribution in [0.5, 0.6) is 5.75 Å². The molecule has 0 radical (unpaired) electrons. The van der Waals surface area contributed by atoms with Crippen molar-refractivity contribution in [2.75, 3.05) is 35.2 Å². The lowest BCUT2D eigenvalue weighted by Crippen LogP contribution is -2.38. The fourth-order valence-corrected chi connectivity index (χ4v) is 4.59. The van der Waals surface area contributed by atoms with Gasteiger partial charge in [-0.3, -0.25) is 0 Å². The zero-order valence-electron chi connectivity index (χ0n) is 17.2. The van der Waals surface area contributed by atoms with Crippen LogP contribution in [0.15, 0.2) is 18.3 Å². The minimum Gasteiger partial charge on any atom is -0.431 e. The predicted octanol–water partition coefficient (Wildman–Crippen LogP) is 2.93. The van der Waals surface area contributed by atoms with Crippen LogP contribution in [0.25, 0.3) is 11.3 Å². The van der Waals surface area contributed by atoms with E-state index in [4.69, 9.17) is 10.5 Å². The van der Waals surface area contributed by atoms with Crippen molar-refractivity contribution < 1.29 is 27.0 Å². The maximum atomic E-state index is 14.1. The van der Waals surface area contributed by atoms with Gasteiger partial charge in [-0.15, -0.1) is 0 Å². The van der Waals surface area contributed by atoms with Gasteiger partial charge in [0.05, 0.1) is 31.0 Å². The highest BCUT2D eigenvalue weighted by Crippen LogP contribution is 2.38. The number of nitrogens with two attached hydrogens (primary N) is 1. The smallest absolute Gasteiger partial charge is 0.387 e. The molecule has 3 saturated heterocycles. The summed E-state index contributed by atoms with van der Waals surface area (Å²) >= 11 is 0. The first-order chi connectivity index (χ1) is 15.2. The molecule has 0 saturated carbocycles. The molecule has 12 heteroatoms. The summed E-state index contributed by atoms with van der Waals surface area (Å²) in [4.78, 5) is 16.6. The van der Waals surface area contributed by atoms with Crippen molar-refractivity contribution in [2.24, 2.45) is 0 Å². The SMILES string of the molecule is CC1CC(F)(F)CN1c1nc(-c2cnc(N)c(OC(F)F)c2)cc(N2CC3CC2CO3)n1. The summed E-state index contributed by atoms with van der Waals surface area (Å²) in [5.74, 6) is -2.60. The number of pyridine rings is 1. The number of aromatic nitrogens is 3. The summed E-state index contributed by atoms with van der Waals surface area (Å²) < 4.78 is 63.7. The van der Waals surface area contributed by atoms with Gasteiger partial charge in [0.2, 0.25) is 5.95 Å². The summed E-state index contributed by atoms with van der Waals surface area (Å²) in [6.07, 6.45) is 2.04. The van der Waals surface area contributed by atoms with Crippen LogP contribution in [0.2, 0.25) is 0 Å². The van der Waals surface area contributed by atoms with Gasteiger partial charge in [0.15, 0.2) is 11.6 Å². The molecule has 0 amide bonds. The molecule has 2 aromatic rings. The van der Waals surface area contributed by atoms with E-state index >= 15 is 0 Å². The van der Waals surface area contributed by atoms with Gasteiger partial charge in [-0.25, -0.2) is 18.7 Å². The van der Waals surface area contributed by atoms with Gasteiger partial charge >= 0.3 is 6.61 Å². The number of rotatable bonds is 5. The third-order valence-electron chi connectivity index (χ3n) is 6.07. The number of hydrogen-bond donors (Lipinski definition) is 1. The Morgan fingerprint density at radius 3 is 2.69 bits per heavy atom. The molecule has 2 bridgehead atoms. The first kappa shape index (κ1) is 21.0. The van der Waals surface area contributed by atoms with Crippen molar-refractivity contribution in [1.29, 1.82) is 0 Å². The molecule has 2 aromatic heterocycles. The zero-order chi connectivity index (χ0) is 22.6. The van der Waals surface area contributed by atoms with Crippen LogP contribution in [0.4, 0.5) is 35.1 Å². The Morgan fingerprint density at radius 1 is 1.25 bits per heavy atom. The van der Waals surface area contributed by atoms with E-state index in [0.717, 1.165) is 6.42 Å². The Morgan fingerprint density at radius 2 is 2.06 bits per heavy atom. The fourth-order valence-electron chi connectivity index (χ4n) is 4.59. The average Bonchev–Trinajstić information content (AvgIpc) is 3.43. The number of ether oxygens (including phenoxy) is 2. The number of hydrogen-bond acceptors (Lipinski definition) is 8. The van der Waals surface area contributed by atoms with Gasteiger partial charge in [0.25, 0.3) is 5.92 Å². The number of halogens is 4. The number of nitrogens with zero attached hydrogens (tertiary/aromatic N) is 5. The Bertz CT molecular complexity index is 1030. The van der Waals surface area contributed by atoms with Gasteiger partial charge in [-0.2, -0.15) is 13.8 Å². The summed E-state index contributed by atoms with van der Waals surface area (Å²) in [5.41, 5.74) is 6.36. The van der Waals surface area contributed by atoms with E-state index < -0.39 is 25.1 Å². The molecular weight excluding hydrogens is 432 g/mol. The van der Waals surface area contributed by atoms with Crippen molar-refractivity contribution in [3.05, 3.63) is 18.3 Å². The molecular formula is C20H22F4N6O2. The molecule has 5 rings (SSSR count). The maximum absolute atomic E-state index is 14.1. The highest BCUT2D eigenvalue weighted by Gasteiger charge is 2.45. The average molecular weight is 454 g/mol. The Balaban J connectivity index is 1.57. The van der Waals surface area contributed by atoms with E-state index in [1.54, 1.807) is 13.0 Å². The molecule has 8 nitrogen and oxygen atoms in total. The Kier molecular flexibility index (Phi) is 4.99. The van der Waals surface area contributed by atoms with Crippen LogP contribution in [-0.2, 0) is 4.74 Å². The molecule has 172 valence electrons. The van der Waals surface area contributed by atoms with Crippen molar-refractivity contribution in [3.8, 4) is 17.0 Å². The van der Waals surface area contributed by atoms with Gasteiger partial charge in [-0.1, -0.05) is 0 Å². The first-order valence-electron chi connectivity index (χ1n) is 10.3. The lowest BCUT2D eigenvalue weighted by Gasteiger charge is -2.30. The number of anilines is 3. The lowest BCUT2D eigenvalue weighted by molar-refractivity contribution is -0.0494. The highest BCUT2D eigenvalue weighted by molar-refractivity contribution is 5.68. The molecule has 2 N–H and O–H groups in total. The third kappa shape index (κ3) is 3.87. The zero-order valence-corrected chi connectivity index (χ0v) is 17.2. The second-order valence-corrected chi connectivity index (χ2v) is 8.43. The number of nitrogen functional groups attached to an aromatic ring is 1. The molecule has 3 unspecified atom stereocenters. The summed E-state index contributed by atoms with van der Waals surface area (Å²) in [7, 11) is 0. The van der Waals surface area contributed by atoms with E-state index in [2.05, 4.69) is 24.6 Å². The quantitative estimate of drug-likeness (QED) is 0.690. The summed E-state index contributed by atoms with van der Waals surface area (Å²) in [6, 6.07) is 2.68. The van der Waals surface area contributed by atoms with Crippen molar-refractivity contribution in [2.45, 2.75) is 50.5 Å². The van der Waals surface area contributed by atoms with Crippen LogP contribution >= 0.6 is 0 Å². The summed E-state index contributed by atoms with van der Waals surface area (Å²) in [5, 5.41) is 0.